The molecule has 14 heavy (non-hydrogen) atoms. The molecule has 1 atom stereocenters. The molecule has 0 saturated carbocycles. The molecule has 0 saturated heterocycles. The van der Waals surface area contributed by atoms with Crippen LogP contribution in [0.5, 0.6) is 0 Å². The highest BCUT2D eigenvalue weighted by atomic mass is 79.9. The van der Waals surface area contributed by atoms with E-state index < -0.39 is 0 Å². The molecular formula is C10H10BrN3. The van der Waals surface area contributed by atoms with Crippen molar-refractivity contribution in [2.24, 2.45) is 5.73 Å². The summed E-state index contributed by atoms with van der Waals surface area (Å²) in [5, 5.41) is 0. The van der Waals surface area contributed by atoms with Crippen molar-refractivity contribution in [1.29, 1.82) is 0 Å². The smallest absolute Gasteiger partial charge is 0.126 e. The van der Waals surface area contributed by atoms with E-state index in [1.54, 1.807) is 0 Å². The zero-order valence-corrected chi connectivity index (χ0v) is 9.16. The fraction of sp³-hybridized carbons (Fsp3) is 0.300. The second-order valence-corrected chi connectivity index (χ2v) is 4.48. The molecule has 0 amide bonds. The van der Waals surface area contributed by atoms with Crippen molar-refractivity contribution >= 4 is 27.0 Å². The molecule has 4 heteroatoms. The summed E-state index contributed by atoms with van der Waals surface area (Å²) in [4.78, 5) is 4.56. The Hall–Kier alpha value is -0.870. The predicted octanol–water partition coefficient (Wildman–Crippen LogP) is 2.20. The van der Waals surface area contributed by atoms with Crippen LogP contribution in [0.4, 0.5) is 0 Å². The molecule has 2 N–H and O–H groups in total. The van der Waals surface area contributed by atoms with E-state index in [9.17, 15) is 0 Å². The van der Waals surface area contributed by atoms with Crippen LogP contribution >= 0.6 is 15.9 Å². The zero-order valence-electron chi connectivity index (χ0n) is 7.57. The number of aryl methyl sites for hydroxylation is 1. The lowest BCUT2D eigenvalue weighted by molar-refractivity contribution is 0.685. The van der Waals surface area contributed by atoms with E-state index in [0.717, 1.165) is 28.8 Å². The molecule has 0 aliphatic carbocycles. The first-order chi connectivity index (χ1) is 6.77. The molecule has 0 radical (unpaired) electrons. The molecule has 2 heterocycles. The molecule has 3 rings (SSSR count). The van der Waals surface area contributed by atoms with Gasteiger partial charge < -0.3 is 10.3 Å². The summed E-state index contributed by atoms with van der Waals surface area (Å²) < 4.78 is 3.26. The SMILES string of the molecule is NC1CCn2c1nc1c(Br)cccc12. The fourth-order valence-corrected chi connectivity index (χ4v) is 2.49. The van der Waals surface area contributed by atoms with Gasteiger partial charge in [-0.3, -0.25) is 0 Å². The number of hydrogen-bond donors (Lipinski definition) is 1. The van der Waals surface area contributed by atoms with Gasteiger partial charge in [-0.15, -0.1) is 0 Å². The molecule has 0 fully saturated rings. The number of para-hydroxylation sites is 1. The quantitative estimate of drug-likeness (QED) is 0.781. The zero-order chi connectivity index (χ0) is 9.71. The van der Waals surface area contributed by atoms with Crippen molar-refractivity contribution in [3.05, 3.63) is 28.5 Å². The van der Waals surface area contributed by atoms with Gasteiger partial charge in [0.1, 0.15) is 11.3 Å². The number of aromatic nitrogens is 2. The van der Waals surface area contributed by atoms with Gasteiger partial charge in [0, 0.05) is 11.0 Å². The van der Waals surface area contributed by atoms with Gasteiger partial charge in [0.2, 0.25) is 0 Å². The summed E-state index contributed by atoms with van der Waals surface area (Å²) in [6.45, 7) is 0.990. The summed E-state index contributed by atoms with van der Waals surface area (Å²) >= 11 is 3.50. The third kappa shape index (κ3) is 0.980. The molecule has 1 aromatic carbocycles. The van der Waals surface area contributed by atoms with Crippen LogP contribution in [0.3, 0.4) is 0 Å². The van der Waals surface area contributed by atoms with Crippen LogP contribution in [0.15, 0.2) is 22.7 Å². The highest BCUT2D eigenvalue weighted by Gasteiger charge is 2.23. The van der Waals surface area contributed by atoms with Crippen LogP contribution in [0.1, 0.15) is 18.3 Å². The first kappa shape index (κ1) is 8.44. The normalized spacial score (nSPS) is 20.3. The van der Waals surface area contributed by atoms with E-state index in [4.69, 9.17) is 5.73 Å². The Labute approximate surface area is 90.0 Å². The van der Waals surface area contributed by atoms with E-state index in [2.05, 4.69) is 31.5 Å². The van der Waals surface area contributed by atoms with E-state index in [1.165, 1.54) is 5.52 Å². The van der Waals surface area contributed by atoms with E-state index >= 15 is 0 Å². The lowest BCUT2D eigenvalue weighted by atomic mass is 10.2. The van der Waals surface area contributed by atoms with Crippen LogP contribution in [-0.2, 0) is 6.54 Å². The second-order valence-electron chi connectivity index (χ2n) is 3.62. The Kier molecular flexibility index (Phi) is 1.69. The standard InChI is InChI=1S/C10H10BrN3/c11-6-2-1-3-8-9(6)13-10-7(12)4-5-14(8)10/h1-3,7H,4-5,12H2. The average molecular weight is 252 g/mol. The Morgan fingerprint density at radius 1 is 1.50 bits per heavy atom. The van der Waals surface area contributed by atoms with Crippen molar-refractivity contribution < 1.29 is 0 Å². The minimum atomic E-state index is 0.106. The average Bonchev–Trinajstić information content (AvgIpc) is 2.69. The number of hydrogen-bond acceptors (Lipinski definition) is 2. The van der Waals surface area contributed by atoms with Gasteiger partial charge in [0.25, 0.3) is 0 Å². The largest absolute Gasteiger partial charge is 0.327 e. The van der Waals surface area contributed by atoms with Crippen LogP contribution in [0.2, 0.25) is 0 Å². The highest BCUT2D eigenvalue weighted by molar-refractivity contribution is 9.10. The predicted molar refractivity (Wildman–Crippen MR) is 59.0 cm³/mol. The molecule has 1 aliphatic rings. The van der Waals surface area contributed by atoms with Crippen LogP contribution < -0.4 is 5.73 Å². The van der Waals surface area contributed by atoms with E-state index in [0.29, 0.717) is 0 Å². The summed E-state index contributed by atoms with van der Waals surface area (Å²) in [6.07, 6.45) is 1.00. The third-order valence-corrected chi connectivity index (χ3v) is 3.39. The summed E-state index contributed by atoms with van der Waals surface area (Å²) in [6, 6.07) is 6.24. The lowest BCUT2D eigenvalue weighted by Gasteiger charge is -1.97. The Bertz CT molecular complexity index is 503. The number of benzene rings is 1. The van der Waals surface area contributed by atoms with Crippen LogP contribution in [0.25, 0.3) is 11.0 Å². The van der Waals surface area contributed by atoms with Gasteiger partial charge in [-0.2, -0.15) is 0 Å². The fourth-order valence-electron chi connectivity index (χ4n) is 2.05. The van der Waals surface area contributed by atoms with Gasteiger partial charge in [0.05, 0.1) is 11.6 Å². The summed E-state index contributed by atoms with van der Waals surface area (Å²) in [5.74, 6) is 1.02. The Morgan fingerprint density at radius 3 is 3.21 bits per heavy atom. The van der Waals surface area contributed by atoms with Crippen molar-refractivity contribution in [3.8, 4) is 0 Å². The molecule has 72 valence electrons. The van der Waals surface area contributed by atoms with Gasteiger partial charge in [-0.1, -0.05) is 6.07 Å². The van der Waals surface area contributed by atoms with Gasteiger partial charge >= 0.3 is 0 Å². The van der Waals surface area contributed by atoms with Crippen molar-refractivity contribution in [2.45, 2.75) is 19.0 Å². The molecule has 1 aliphatic heterocycles. The first-order valence-electron chi connectivity index (χ1n) is 4.67. The van der Waals surface area contributed by atoms with Crippen molar-refractivity contribution in [2.75, 3.05) is 0 Å². The molecule has 0 spiro atoms. The number of rotatable bonds is 0. The number of fused-ring (bicyclic) bond motifs is 3. The maximum atomic E-state index is 5.96. The topological polar surface area (TPSA) is 43.8 Å². The minimum absolute atomic E-state index is 0.106. The Morgan fingerprint density at radius 2 is 2.36 bits per heavy atom. The van der Waals surface area contributed by atoms with Gasteiger partial charge in [-0.05, 0) is 34.5 Å². The minimum Gasteiger partial charge on any atom is -0.327 e. The maximum absolute atomic E-state index is 5.96. The number of halogens is 1. The third-order valence-electron chi connectivity index (χ3n) is 2.75. The first-order valence-corrected chi connectivity index (χ1v) is 5.47. The molecule has 1 aromatic heterocycles. The van der Waals surface area contributed by atoms with E-state index in [1.807, 2.05) is 12.1 Å². The molecular weight excluding hydrogens is 242 g/mol. The summed E-state index contributed by atoms with van der Waals surface area (Å²) in [7, 11) is 0. The lowest BCUT2D eigenvalue weighted by Crippen LogP contribution is -2.06. The molecule has 1 unspecified atom stereocenters. The van der Waals surface area contributed by atoms with Crippen LogP contribution in [0, 0.1) is 0 Å². The monoisotopic (exact) mass is 251 g/mol. The highest BCUT2D eigenvalue weighted by Crippen LogP contribution is 2.31. The van der Waals surface area contributed by atoms with Gasteiger partial charge in [-0.25, -0.2) is 4.98 Å². The molecule has 2 aromatic rings. The second kappa shape index (κ2) is 2.81. The number of imidazole rings is 1. The van der Waals surface area contributed by atoms with Crippen LogP contribution in [-0.4, -0.2) is 9.55 Å². The van der Waals surface area contributed by atoms with Crippen molar-refractivity contribution in [1.82, 2.24) is 9.55 Å². The molecule has 3 nitrogen and oxygen atoms in total. The molecule has 0 bridgehead atoms. The number of nitrogens with zero attached hydrogens (tertiary/aromatic N) is 2. The van der Waals surface area contributed by atoms with E-state index in [-0.39, 0.29) is 6.04 Å². The summed E-state index contributed by atoms with van der Waals surface area (Å²) in [5.41, 5.74) is 8.17. The Balaban J connectivity index is 2.40. The maximum Gasteiger partial charge on any atom is 0.126 e. The van der Waals surface area contributed by atoms with Gasteiger partial charge in [0.15, 0.2) is 0 Å². The number of nitrogens with two attached hydrogens (primary N) is 1. The van der Waals surface area contributed by atoms with Crippen molar-refractivity contribution in [3.63, 3.8) is 0 Å².